The van der Waals surface area contributed by atoms with Crippen LogP contribution in [0.15, 0.2) is 59.2 Å². The molecule has 0 radical (unpaired) electrons. The maximum Gasteiger partial charge on any atom is -0.0241 e. The third kappa shape index (κ3) is 6.62. The Morgan fingerprint density at radius 3 is 2.24 bits per heavy atom. The molecular weight excluding hydrogens is 252 g/mol. The molecule has 0 unspecified atom stereocenters. The van der Waals surface area contributed by atoms with Crippen molar-refractivity contribution in [3.8, 4) is 0 Å². The third-order valence-corrected chi connectivity index (χ3v) is 3.75. The van der Waals surface area contributed by atoms with Crippen molar-refractivity contribution in [2.75, 3.05) is 0 Å². The molecular formula is C21H30. The van der Waals surface area contributed by atoms with Gasteiger partial charge in [-0.3, -0.25) is 0 Å². The Balaban J connectivity index is 0.00000106. The lowest BCUT2D eigenvalue weighted by atomic mass is 9.96. The summed E-state index contributed by atoms with van der Waals surface area (Å²) in [7, 11) is 0. The van der Waals surface area contributed by atoms with E-state index in [1.54, 1.807) is 0 Å². The van der Waals surface area contributed by atoms with Crippen LogP contribution in [-0.4, -0.2) is 0 Å². The molecule has 0 heteroatoms. The Morgan fingerprint density at radius 2 is 1.67 bits per heavy atom. The average Bonchev–Trinajstić information content (AvgIpc) is 2.51. The van der Waals surface area contributed by atoms with Gasteiger partial charge in [-0.25, -0.2) is 0 Å². The van der Waals surface area contributed by atoms with E-state index in [1.807, 2.05) is 13.8 Å². The van der Waals surface area contributed by atoms with E-state index in [0.29, 0.717) is 0 Å². The normalized spacial score (nSPS) is 14.8. The molecule has 21 heavy (non-hydrogen) atoms. The van der Waals surface area contributed by atoms with Gasteiger partial charge in [-0.05, 0) is 57.6 Å². The second kappa shape index (κ2) is 9.39. The molecule has 0 amide bonds. The molecule has 1 aliphatic rings. The molecule has 0 aliphatic heterocycles. The lowest BCUT2D eigenvalue weighted by molar-refractivity contribution is 0.905. The molecule has 0 heterocycles. The maximum atomic E-state index is 2.37. The van der Waals surface area contributed by atoms with Crippen LogP contribution in [0.4, 0.5) is 0 Å². The predicted molar refractivity (Wildman–Crippen MR) is 95.7 cm³/mol. The zero-order valence-electron chi connectivity index (χ0n) is 14.4. The van der Waals surface area contributed by atoms with Gasteiger partial charge in [0.05, 0.1) is 0 Å². The Morgan fingerprint density at radius 1 is 1.00 bits per heavy atom. The molecule has 0 N–H and O–H groups in total. The van der Waals surface area contributed by atoms with Gasteiger partial charge in [0.15, 0.2) is 0 Å². The Labute approximate surface area is 131 Å². The minimum absolute atomic E-state index is 1.14. The van der Waals surface area contributed by atoms with Gasteiger partial charge in [0.1, 0.15) is 0 Å². The van der Waals surface area contributed by atoms with Crippen molar-refractivity contribution < 1.29 is 0 Å². The first-order valence-electron chi connectivity index (χ1n) is 8.22. The fourth-order valence-electron chi connectivity index (χ4n) is 2.36. The summed E-state index contributed by atoms with van der Waals surface area (Å²) >= 11 is 0. The smallest absolute Gasteiger partial charge is 0.0241 e. The lowest BCUT2D eigenvalue weighted by Crippen LogP contribution is -1.91. The SMILES string of the molecule is CC.CC1=CC=C(/C=C(/C)CCc2ccc(C)cc2)CC1. The molecule has 0 spiro atoms. The van der Waals surface area contributed by atoms with E-state index < -0.39 is 0 Å². The van der Waals surface area contributed by atoms with Crippen molar-refractivity contribution in [3.63, 3.8) is 0 Å². The second-order valence-electron chi connectivity index (χ2n) is 5.73. The summed E-state index contributed by atoms with van der Waals surface area (Å²) in [4.78, 5) is 0. The molecule has 1 aliphatic carbocycles. The molecule has 0 bridgehead atoms. The monoisotopic (exact) mass is 282 g/mol. The maximum absolute atomic E-state index is 2.37. The van der Waals surface area contributed by atoms with Gasteiger partial charge in [0.25, 0.3) is 0 Å². The Bertz CT molecular complexity index is 509. The third-order valence-electron chi connectivity index (χ3n) is 3.75. The minimum Gasteiger partial charge on any atom is -0.0730 e. The van der Waals surface area contributed by atoms with Crippen LogP contribution in [0.5, 0.6) is 0 Å². The highest BCUT2D eigenvalue weighted by Crippen LogP contribution is 2.21. The Kier molecular flexibility index (Phi) is 7.82. The lowest BCUT2D eigenvalue weighted by Gasteiger charge is -2.10. The zero-order chi connectivity index (χ0) is 15.7. The predicted octanol–water partition coefficient (Wildman–Crippen LogP) is 6.57. The van der Waals surface area contributed by atoms with E-state index >= 15 is 0 Å². The fraction of sp³-hybridized carbons (Fsp3) is 0.429. The van der Waals surface area contributed by atoms with Gasteiger partial charge in [-0.1, -0.05) is 73.1 Å². The highest BCUT2D eigenvalue weighted by molar-refractivity contribution is 5.32. The standard InChI is InChI=1S/C19H24.C2H6/c1-15-4-9-18(10-5-15)11-8-17(3)14-19-12-6-16(2)7-13-19;1-2/h4-6,9-10,12,14H,7-8,11,13H2,1-3H3;1-2H3/b17-14-;. The first kappa shape index (κ1) is 17.5. The minimum atomic E-state index is 1.14. The highest BCUT2D eigenvalue weighted by atomic mass is 14.1. The Hall–Kier alpha value is -1.56. The first-order chi connectivity index (χ1) is 10.1. The number of hydrogen-bond donors (Lipinski definition) is 0. The summed E-state index contributed by atoms with van der Waals surface area (Å²) in [5.74, 6) is 0. The van der Waals surface area contributed by atoms with Crippen LogP contribution in [0.2, 0.25) is 0 Å². The second-order valence-corrected chi connectivity index (χ2v) is 5.73. The number of hydrogen-bond acceptors (Lipinski definition) is 0. The van der Waals surface area contributed by atoms with E-state index in [9.17, 15) is 0 Å². The molecule has 1 aromatic rings. The first-order valence-corrected chi connectivity index (χ1v) is 8.22. The summed E-state index contributed by atoms with van der Waals surface area (Å²) in [6, 6.07) is 8.89. The van der Waals surface area contributed by atoms with Crippen molar-refractivity contribution in [3.05, 3.63) is 70.3 Å². The summed E-state index contributed by atoms with van der Waals surface area (Å²) in [5.41, 5.74) is 7.23. The quantitative estimate of drug-likeness (QED) is 0.586. The van der Waals surface area contributed by atoms with Gasteiger partial charge in [0.2, 0.25) is 0 Å². The van der Waals surface area contributed by atoms with Gasteiger partial charge in [-0.15, -0.1) is 0 Å². The van der Waals surface area contributed by atoms with Gasteiger partial charge in [-0.2, -0.15) is 0 Å². The molecule has 0 nitrogen and oxygen atoms in total. The van der Waals surface area contributed by atoms with Crippen molar-refractivity contribution in [1.29, 1.82) is 0 Å². The van der Waals surface area contributed by atoms with Gasteiger partial charge >= 0.3 is 0 Å². The van der Waals surface area contributed by atoms with E-state index in [-0.39, 0.29) is 0 Å². The topological polar surface area (TPSA) is 0 Å². The van der Waals surface area contributed by atoms with Crippen LogP contribution in [0.1, 0.15) is 58.1 Å². The van der Waals surface area contributed by atoms with Crippen molar-refractivity contribution >= 4 is 0 Å². The molecule has 0 saturated heterocycles. The van der Waals surface area contributed by atoms with Crippen LogP contribution < -0.4 is 0 Å². The molecule has 0 atom stereocenters. The average molecular weight is 282 g/mol. The van der Waals surface area contributed by atoms with Crippen LogP contribution in [0.25, 0.3) is 0 Å². The van der Waals surface area contributed by atoms with Crippen LogP contribution in [-0.2, 0) is 6.42 Å². The van der Waals surface area contributed by atoms with Crippen LogP contribution in [0.3, 0.4) is 0 Å². The van der Waals surface area contributed by atoms with E-state index in [2.05, 4.69) is 63.3 Å². The number of aryl methyl sites for hydroxylation is 2. The molecule has 0 fully saturated rings. The summed E-state index contributed by atoms with van der Waals surface area (Å²) < 4.78 is 0. The number of allylic oxidation sites excluding steroid dienone is 6. The van der Waals surface area contributed by atoms with Gasteiger partial charge in [0, 0.05) is 0 Å². The number of benzene rings is 1. The van der Waals surface area contributed by atoms with Crippen molar-refractivity contribution in [1.82, 2.24) is 0 Å². The summed E-state index contributed by atoms with van der Waals surface area (Å²) in [5, 5.41) is 0. The summed E-state index contributed by atoms with van der Waals surface area (Å²) in [6.45, 7) is 10.6. The zero-order valence-corrected chi connectivity index (χ0v) is 14.4. The number of rotatable bonds is 4. The van der Waals surface area contributed by atoms with E-state index in [1.165, 1.54) is 40.7 Å². The molecule has 1 aromatic carbocycles. The molecule has 2 rings (SSSR count). The molecule has 0 saturated carbocycles. The van der Waals surface area contributed by atoms with E-state index in [4.69, 9.17) is 0 Å². The summed E-state index contributed by atoms with van der Waals surface area (Å²) in [6.07, 6.45) is 11.6. The van der Waals surface area contributed by atoms with Gasteiger partial charge < -0.3 is 0 Å². The largest absolute Gasteiger partial charge is 0.0730 e. The molecule has 114 valence electrons. The van der Waals surface area contributed by atoms with E-state index in [0.717, 1.165) is 12.8 Å². The van der Waals surface area contributed by atoms with Crippen LogP contribution in [0, 0.1) is 6.92 Å². The van der Waals surface area contributed by atoms with Crippen molar-refractivity contribution in [2.24, 2.45) is 0 Å². The fourth-order valence-corrected chi connectivity index (χ4v) is 2.36. The van der Waals surface area contributed by atoms with Crippen LogP contribution >= 0.6 is 0 Å². The van der Waals surface area contributed by atoms with Crippen molar-refractivity contribution in [2.45, 2.75) is 60.3 Å². The highest BCUT2D eigenvalue weighted by Gasteiger charge is 2.01. The molecule has 0 aromatic heterocycles.